The van der Waals surface area contributed by atoms with Crippen LogP contribution in [0.25, 0.3) is 0 Å². The quantitative estimate of drug-likeness (QED) is 0.472. The highest BCUT2D eigenvalue weighted by Crippen LogP contribution is 2.43. The second-order valence-corrected chi connectivity index (χ2v) is 9.19. The van der Waals surface area contributed by atoms with E-state index in [1.54, 1.807) is 0 Å². The number of nitrogens with zero attached hydrogens (tertiary/aromatic N) is 3. The van der Waals surface area contributed by atoms with E-state index in [2.05, 4.69) is 51.8 Å². The number of hydrogen-bond donors (Lipinski definition) is 3. The maximum absolute atomic E-state index is 4.90. The fourth-order valence-electron chi connectivity index (χ4n) is 4.86. The maximum atomic E-state index is 4.90. The first kappa shape index (κ1) is 20.2. The largest absolute Gasteiger partial charge is 0.368 e. The predicted molar refractivity (Wildman–Crippen MR) is 120 cm³/mol. The number of nitrogens with one attached hydrogen (secondary N) is 3. The summed E-state index contributed by atoms with van der Waals surface area (Å²) < 4.78 is 0. The Hall–Kier alpha value is -2.08. The smallest absolute Gasteiger partial charge is 0.153 e. The van der Waals surface area contributed by atoms with Crippen molar-refractivity contribution in [3.8, 4) is 0 Å². The van der Waals surface area contributed by atoms with Crippen LogP contribution in [0.2, 0.25) is 0 Å². The Bertz CT molecular complexity index is 769. The molecule has 3 fully saturated rings. The molecule has 3 aliphatic rings. The summed E-state index contributed by atoms with van der Waals surface area (Å²) in [5, 5.41) is 14.7. The third-order valence-corrected chi connectivity index (χ3v) is 6.44. The molecule has 158 valence electrons. The van der Waals surface area contributed by atoms with Crippen LogP contribution in [-0.4, -0.2) is 47.1 Å². The maximum Gasteiger partial charge on any atom is 0.153 e. The Labute approximate surface area is 174 Å². The van der Waals surface area contributed by atoms with Crippen LogP contribution in [0.1, 0.15) is 70.4 Å². The molecule has 0 atom stereocenters. The second kappa shape index (κ2) is 8.74. The molecule has 4 rings (SSSR count). The number of rotatable bonds is 7. The fourth-order valence-corrected chi connectivity index (χ4v) is 4.86. The number of aromatic nitrogens is 2. The number of aromatic amines is 1. The van der Waals surface area contributed by atoms with Crippen LogP contribution in [0.3, 0.4) is 0 Å². The lowest BCUT2D eigenvalue weighted by atomic mass is 9.67. The lowest BCUT2D eigenvalue weighted by Crippen LogP contribution is -2.56. The molecule has 0 aromatic carbocycles. The summed E-state index contributed by atoms with van der Waals surface area (Å²) >= 11 is 0. The number of amidine groups is 1. The lowest BCUT2D eigenvalue weighted by molar-refractivity contribution is -0.0152. The summed E-state index contributed by atoms with van der Waals surface area (Å²) in [5.41, 5.74) is 1.83. The molecule has 6 heteroatoms. The first-order valence-corrected chi connectivity index (χ1v) is 11.3. The van der Waals surface area contributed by atoms with Crippen molar-refractivity contribution in [3.63, 3.8) is 0 Å². The van der Waals surface area contributed by atoms with Gasteiger partial charge in [-0.3, -0.25) is 5.10 Å². The molecule has 1 saturated heterocycles. The predicted octanol–water partition coefficient (Wildman–Crippen LogP) is 4.39. The van der Waals surface area contributed by atoms with Crippen LogP contribution in [0, 0.1) is 5.41 Å². The van der Waals surface area contributed by atoms with Gasteiger partial charge in [0.25, 0.3) is 0 Å². The van der Waals surface area contributed by atoms with Crippen molar-refractivity contribution in [2.45, 2.75) is 70.8 Å². The zero-order valence-electron chi connectivity index (χ0n) is 18.2. The Morgan fingerprint density at radius 3 is 2.69 bits per heavy atom. The van der Waals surface area contributed by atoms with Gasteiger partial charge in [-0.2, -0.15) is 5.10 Å². The molecule has 6 nitrogen and oxygen atoms in total. The van der Waals surface area contributed by atoms with Crippen LogP contribution < -0.4 is 10.6 Å². The van der Waals surface area contributed by atoms with Crippen molar-refractivity contribution >= 4 is 11.7 Å². The minimum Gasteiger partial charge on any atom is -0.368 e. The summed E-state index contributed by atoms with van der Waals surface area (Å²) in [5.74, 6) is 3.30. The minimum absolute atomic E-state index is 0.520. The van der Waals surface area contributed by atoms with Crippen molar-refractivity contribution in [1.29, 1.82) is 0 Å². The molecule has 0 amide bonds. The van der Waals surface area contributed by atoms with Gasteiger partial charge in [0.1, 0.15) is 11.7 Å². The highest BCUT2D eigenvalue weighted by atomic mass is 15.2. The van der Waals surface area contributed by atoms with Gasteiger partial charge in [0.15, 0.2) is 5.82 Å². The second-order valence-electron chi connectivity index (χ2n) is 9.19. The molecule has 1 aromatic heterocycles. The molecule has 1 aromatic rings. The van der Waals surface area contributed by atoms with E-state index in [1.165, 1.54) is 57.3 Å². The van der Waals surface area contributed by atoms with E-state index in [1.807, 2.05) is 19.1 Å². The minimum atomic E-state index is 0.520. The van der Waals surface area contributed by atoms with E-state index in [9.17, 15) is 0 Å². The summed E-state index contributed by atoms with van der Waals surface area (Å²) in [6, 6.07) is 2.63. The fraction of sp³-hybridized carbons (Fsp3) is 0.652. The summed E-state index contributed by atoms with van der Waals surface area (Å²) in [6.07, 6.45) is 14.8. The van der Waals surface area contributed by atoms with Gasteiger partial charge in [-0.1, -0.05) is 13.0 Å². The molecule has 2 aliphatic carbocycles. The average Bonchev–Trinajstić information content (AvgIpc) is 3.42. The SMILES string of the molecule is C\C=C/C(=N/C(=C/CC)NC1CCC2(CC1)CN(C)C2)Nc1cc(C2CC2)[nH]n1. The van der Waals surface area contributed by atoms with E-state index in [0.29, 0.717) is 17.4 Å². The third-order valence-electron chi connectivity index (χ3n) is 6.44. The molecule has 0 radical (unpaired) electrons. The molecule has 29 heavy (non-hydrogen) atoms. The molecule has 0 unspecified atom stereocenters. The average molecular weight is 397 g/mol. The molecule has 1 aliphatic heterocycles. The van der Waals surface area contributed by atoms with E-state index in [4.69, 9.17) is 4.99 Å². The number of anilines is 1. The number of likely N-dealkylation sites (tertiary alicyclic amines) is 1. The first-order chi connectivity index (χ1) is 14.1. The summed E-state index contributed by atoms with van der Waals surface area (Å²) in [7, 11) is 2.23. The van der Waals surface area contributed by atoms with Gasteiger partial charge in [-0.25, -0.2) is 4.99 Å². The van der Waals surface area contributed by atoms with Gasteiger partial charge >= 0.3 is 0 Å². The number of hydrogen-bond acceptors (Lipinski definition) is 4. The van der Waals surface area contributed by atoms with E-state index >= 15 is 0 Å². The van der Waals surface area contributed by atoms with Crippen LogP contribution in [0.15, 0.2) is 35.1 Å². The van der Waals surface area contributed by atoms with Gasteiger partial charge in [-0.15, -0.1) is 0 Å². The van der Waals surface area contributed by atoms with Crippen molar-refractivity contribution < 1.29 is 0 Å². The highest BCUT2D eigenvalue weighted by Gasteiger charge is 2.43. The molecule has 3 N–H and O–H groups in total. The summed E-state index contributed by atoms with van der Waals surface area (Å²) in [4.78, 5) is 7.35. The molecule has 2 heterocycles. The van der Waals surface area contributed by atoms with E-state index in [-0.39, 0.29) is 0 Å². The Morgan fingerprint density at radius 2 is 2.07 bits per heavy atom. The molecule has 0 bridgehead atoms. The van der Waals surface area contributed by atoms with Crippen LogP contribution >= 0.6 is 0 Å². The van der Waals surface area contributed by atoms with Gasteiger partial charge in [0.05, 0.1) is 0 Å². The molecular formula is C23H36N6. The summed E-state index contributed by atoms with van der Waals surface area (Å²) in [6.45, 7) is 6.73. The van der Waals surface area contributed by atoms with Crippen molar-refractivity contribution in [2.75, 3.05) is 25.5 Å². The van der Waals surface area contributed by atoms with Crippen molar-refractivity contribution in [3.05, 3.63) is 35.8 Å². The standard InChI is InChI=1S/C23H36N6/c1-4-6-20(24-18-10-12-23(13-11-18)15-29(3)16-23)25-21(7-5-2)26-22-14-19(27-28-22)17-8-9-17/h5-7,14,17-18,24H,4,8-13,15-16H2,1-3H3,(H2,25,26,27,28)/b7-5-,20-6+. The topological polar surface area (TPSA) is 68.3 Å². The Morgan fingerprint density at radius 1 is 1.31 bits per heavy atom. The van der Waals surface area contributed by atoms with Crippen LogP contribution in [0.4, 0.5) is 5.82 Å². The Balaban J connectivity index is 1.38. The zero-order valence-corrected chi connectivity index (χ0v) is 18.2. The zero-order chi connectivity index (χ0) is 20.3. The van der Waals surface area contributed by atoms with Crippen molar-refractivity contribution in [2.24, 2.45) is 10.4 Å². The van der Waals surface area contributed by atoms with E-state index < -0.39 is 0 Å². The number of H-pyrrole nitrogens is 1. The Kier molecular flexibility index (Phi) is 6.09. The monoisotopic (exact) mass is 396 g/mol. The molecule has 1 spiro atoms. The lowest BCUT2D eigenvalue weighted by Gasteiger charge is -2.52. The molecular weight excluding hydrogens is 360 g/mol. The van der Waals surface area contributed by atoms with Gasteiger partial charge in [0, 0.05) is 36.8 Å². The highest BCUT2D eigenvalue weighted by molar-refractivity contribution is 6.03. The number of aliphatic imine (C=N–C) groups is 1. The first-order valence-electron chi connectivity index (χ1n) is 11.3. The van der Waals surface area contributed by atoms with Crippen LogP contribution in [-0.2, 0) is 0 Å². The third kappa shape index (κ3) is 5.10. The van der Waals surface area contributed by atoms with Gasteiger partial charge in [-0.05, 0) is 76.5 Å². The van der Waals surface area contributed by atoms with Gasteiger partial charge in [0.2, 0.25) is 0 Å². The van der Waals surface area contributed by atoms with Gasteiger partial charge < -0.3 is 15.5 Å². The van der Waals surface area contributed by atoms with Crippen LogP contribution in [0.5, 0.6) is 0 Å². The van der Waals surface area contributed by atoms with E-state index in [0.717, 1.165) is 23.9 Å². The molecule has 2 saturated carbocycles. The van der Waals surface area contributed by atoms with Crippen molar-refractivity contribution in [1.82, 2.24) is 20.4 Å². The number of allylic oxidation sites excluding steroid dienone is 2. The normalized spacial score (nSPS) is 23.6.